The number of nitriles is 1. The normalized spacial score (nSPS) is 13.1. The fraction of sp³-hybridized carbons (Fsp3) is 0.458. The van der Waals surface area contributed by atoms with Crippen molar-refractivity contribution in [1.29, 1.82) is 5.26 Å². The van der Waals surface area contributed by atoms with Gasteiger partial charge in [-0.1, -0.05) is 13.3 Å². The fourth-order valence-corrected chi connectivity index (χ4v) is 5.08. The Kier molecular flexibility index (Phi) is 8.65. The fourth-order valence-electron chi connectivity index (χ4n) is 3.82. The summed E-state index contributed by atoms with van der Waals surface area (Å²) < 4.78 is 5.12. The number of ether oxygens (including phenoxy) is 1. The van der Waals surface area contributed by atoms with Crippen molar-refractivity contribution in [3.8, 4) is 11.8 Å². The molecule has 0 saturated carbocycles. The van der Waals surface area contributed by atoms with Crippen LogP contribution >= 0.6 is 11.3 Å². The first-order chi connectivity index (χ1) is 15.5. The number of amides is 2. The number of anilines is 2. The van der Waals surface area contributed by atoms with Gasteiger partial charge in [0.1, 0.15) is 16.8 Å². The Morgan fingerprint density at radius 3 is 2.56 bits per heavy atom. The summed E-state index contributed by atoms with van der Waals surface area (Å²) in [6.07, 6.45) is 5.57. The first-order valence-corrected chi connectivity index (χ1v) is 11.9. The van der Waals surface area contributed by atoms with Crippen LogP contribution in [0.2, 0.25) is 0 Å². The molecule has 1 aromatic heterocycles. The molecule has 8 heteroatoms. The van der Waals surface area contributed by atoms with Crippen LogP contribution in [0.1, 0.15) is 48.6 Å². The summed E-state index contributed by atoms with van der Waals surface area (Å²) in [4.78, 5) is 28.1. The smallest absolute Gasteiger partial charge is 0.238 e. The van der Waals surface area contributed by atoms with Crippen LogP contribution in [0.25, 0.3) is 0 Å². The largest absolute Gasteiger partial charge is 0.497 e. The summed E-state index contributed by atoms with van der Waals surface area (Å²) in [5, 5.41) is 16.1. The van der Waals surface area contributed by atoms with Crippen molar-refractivity contribution < 1.29 is 14.3 Å². The Bertz CT molecular complexity index is 978. The van der Waals surface area contributed by atoms with Crippen molar-refractivity contribution in [2.24, 2.45) is 0 Å². The molecule has 2 aromatic rings. The molecule has 0 fully saturated rings. The van der Waals surface area contributed by atoms with Gasteiger partial charge in [-0.25, -0.2) is 0 Å². The summed E-state index contributed by atoms with van der Waals surface area (Å²) in [5.74, 6) is 0.462. The monoisotopic (exact) mass is 454 g/mol. The summed E-state index contributed by atoms with van der Waals surface area (Å²) in [6, 6.07) is 9.45. The van der Waals surface area contributed by atoms with Gasteiger partial charge in [0.15, 0.2) is 0 Å². The second-order valence-electron chi connectivity index (χ2n) is 7.82. The van der Waals surface area contributed by atoms with E-state index in [0.29, 0.717) is 29.3 Å². The van der Waals surface area contributed by atoms with Crippen molar-refractivity contribution in [1.82, 2.24) is 4.90 Å². The number of likely N-dealkylation sites (N-methyl/N-ethyl adjacent to an activating group) is 1. The van der Waals surface area contributed by atoms with Crippen LogP contribution in [0.3, 0.4) is 0 Å². The second kappa shape index (κ2) is 11.7. The molecule has 1 aliphatic rings. The van der Waals surface area contributed by atoms with Gasteiger partial charge in [0.25, 0.3) is 0 Å². The minimum absolute atomic E-state index is 0.132. The van der Waals surface area contributed by atoms with Gasteiger partial charge in [0.2, 0.25) is 11.8 Å². The molecule has 32 heavy (non-hydrogen) atoms. The van der Waals surface area contributed by atoms with E-state index in [0.717, 1.165) is 37.0 Å². The number of fused-ring (bicyclic) bond motifs is 1. The number of carbonyl (C=O) groups excluding carboxylic acids is 2. The van der Waals surface area contributed by atoms with E-state index in [9.17, 15) is 14.9 Å². The molecule has 170 valence electrons. The number of benzene rings is 1. The van der Waals surface area contributed by atoms with Crippen molar-refractivity contribution in [3.05, 3.63) is 40.3 Å². The highest BCUT2D eigenvalue weighted by Crippen LogP contribution is 2.37. The van der Waals surface area contributed by atoms with Gasteiger partial charge in [0, 0.05) is 23.5 Å². The Labute approximate surface area is 193 Å². The van der Waals surface area contributed by atoms with Crippen molar-refractivity contribution in [2.45, 2.75) is 45.4 Å². The van der Waals surface area contributed by atoms with Gasteiger partial charge in [0.05, 0.1) is 19.2 Å². The SMILES string of the molecule is CCN(CCC(=O)Nc1sc2c(c1C#N)CCCCC2)CC(=O)Nc1ccc(OC)cc1. The number of thiophene rings is 1. The van der Waals surface area contributed by atoms with E-state index < -0.39 is 0 Å². The number of aryl methyl sites for hydroxylation is 1. The molecule has 0 saturated heterocycles. The van der Waals surface area contributed by atoms with E-state index in [1.807, 2.05) is 11.8 Å². The maximum Gasteiger partial charge on any atom is 0.238 e. The quantitative estimate of drug-likeness (QED) is 0.554. The first-order valence-electron chi connectivity index (χ1n) is 11.0. The maximum atomic E-state index is 12.6. The van der Waals surface area contributed by atoms with Crippen molar-refractivity contribution in [3.63, 3.8) is 0 Å². The molecule has 7 nitrogen and oxygen atoms in total. The highest BCUT2D eigenvalue weighted by atomic mass is 32.1. The lowest BCUT2D eigenvalue weighted by atomic mass is 10.1. The standard InChI is InChI=1S/C24H30N4O3S/c1-3-28(16-23(30)26-17-9-11-18(31-2)12-10-17)14-13-22(29)27-24-20(15-25)19-7-5-4-6-8-21(19)32-24/h9-12H,3-8,13-14,16H2,1-2H3,(H,26,30)(H,27,29). The van der Waals surface area contributed by atoms with E-state index in [1.165, 1.54) is 11.3 Å². The molecule has 0 aliphatic heterocycles. The van der Waals surface area contributed by atoms with Gasteiger partial charge < -0.3 is 15.4 Å². The molecule has 1 aromatic carbocycles. The highest BCUT2D eigenvalue weighted by Gasteiger charge is 2.21. The maximum absolute atomic E-state index is 12.6. The zero-order valence-electron chi connectivity index (χ0n) is 18.7. The third-order valence-corrected chi connectivity index (χ3v) is 6.84. The van der Waals surface area contributed by atoms with E-state index in [-0.39, 0.29) is 24.8 Å². The van der Waals surface area contributed by atoms with Gasteiger partial charge in [-0.3, -0.25) is 14.5 Å². The Balaban J connectivity index is 1.50. The van der Waals surface area contributed by atoms with Gasteiger partial charge >= 0.3 is 0 Å². The predicted molar refractivity (Wildman–Crippen MR) is 127 cm³/mol. The van der Waals surface area contributed by atoms with E-state index >= 15 is 0 Å². The minimum Gasteiger partial charge on any atom is -0.497 e. The average molecular weight is 455 g/mol. The third-order valence-electron chi connectivity index (χ3n) is 5.63. The number of hydrogen-bond donors (Lipinski definition) is 2. The second-order valence-corrected chi connectivity index (χ2v) is 8.93. The highest BCUT2D eigenvalue weighted by molar-refractivity contribution is 7.16. The number of hydrogen-bond acceptors (Lipinski definition) is 6. The summed E-state index contributed by atoms with van der Waals surface area (Å²) in [5.41, 5.74) is 2.45. The predicted octanol–water partition coefficient (Wildman–Crippen LogP) is 4.19. The molecule has 0 radical (unpaired) electrons. The summed E-state index contributed by atoms with van der Waals surface area (Å²) in [6.45, 7) is 3.28. The molecule has 1 aliphatic carbocycles. The van der Waals surface area contributed by atoms with Crippen LogP contribution in [0.5, 0.6) is 5.75 Å². The lowest BCUT2D eigenvalue weighted by molar-refractivity contribution is -0.119. The number of carbonyl (C=O) groups is 2. The molecule has 2 N–H and O–H groups in total. The average Bonchev–Trinajstić information content (AvgIpc) is 2.95. The zero-order chi connectivity index (χ0) is 22.9. The van der Waals surface area contributed by atoms with E-state index in [4.69, 9.17) is 4.74 Å². The van der Waals surface area contributed by atoms with Crippen molar-refractivity contribution in [2.75, 3.05) is 37.4 Å². The number of rotatable bonds is 9. The minimum atomic E-state index is -0.133. The van der Waals surface area contributed by atoms with Crippen LogP contribution in [0.4, 0.5) is 10.7 Å². The summed E-state index contributed by atoms with van der Waals surface area (Å²) in [7, 11) is 1.60. The Morgan fingerprint density at radius 1 is 1.12 bits per heavy atom. The Hall–Kier alpha value is -2.89. The number of nitrogens with zero attached hydrogens (tertiary/aromatic N) is 2. The first kappa shape index (κ1) is 23.8. The molecule has 3 rings (SSSR count). The number of nitrogens with one attached hydrogen (secondary N) is 2. The molecule has 0 unspecified atom stereocenters. The van der Waals surface area contributed by atoms with Crippen LogP contribution in [0, 0.1) is 11.3 Å². The van der Waals surface area contributed by atoms with Gasteiger partial charge in [-0.2, -0.15) is 5.26 Å². The topological polar surface area (TPSA) is 94.5 Å². The number of methoxy groups -OCH3 is 1. The molecular formula is C24H30N4O3S. The molecular weight excluding hydrogens is 424 g/mol. The molecule has 0 spiro atoms. The van der Waals surface area contributed by atoms with Crippen LogP contribution in [-0.4, -0.2) is 43.5 Å². The summed E-state index contributed by atoms with van der Waals surface area (Å²) >= 11 is 1.54. The van der Waals surface area contributed by atoms with Crippen molar-refractivity contribution >= 4 is 33.8 Å². The molecule has 0 atom stereocenters. The zero-order valence-corrected chi connectivity index (χ0v) is 19.5. The lowest BCUT2D eigenvalue weighted by Gasteiger charge is -2.19. The van der Waals surface area contributed by atoms with Gasteiger partial charge in [-0.15, -0.1) is 11.3 Å². The lowest BCUT2D eigenvalue weighted by Crippen LogP contribution is -2.35. The third kappa shape index (κ3) is 6.31. The Morgan fingerprint density at radius 2 is 1.88 bits per heavy atom. The molecule has 1 heterocycles. The molecule has 0 bridgehead atoms. The van der Waals surface area contributed by atoms with Crippen LogP contribution < -0.4 is 15.4 Å². The van der Waals surface area contributed by atoms with E-state index in [1.54, 1.807) is 42.7 Å². The van der Waals surface area contributed by atoms with Crippen LogP contribution in [-0.2, 0) is 22.4 Å². The molecule has 2 amide bonds. The van der Waals surface area contributed by atoms with E-state index in [2.05, 4.69) is 16.7 Å². The van der Waals surface area contributed by atoms with Gasteiger partial charge in [-0.05, 0) is 62.1 Å². The van der Waals surface area contributed by atoms with Crippen LogP contribution in [0.15, 0.2) is 24.3 Å².